The van der Waals surface area contributed by atoms with E-state index >= 15 is 0 Å². The van der Waals surface area contributed by atoms with Crippen LogP contribution < -0.4 is 25.4 Å². The van der Waals surface area contributed by atoms with Gasteiger partial charge in [-0.1, -0.05) is 30.3 Å². The Balaban J connectivity index is 1.94. The Morgan fingerprint density at radius 3 is 2.61 bits per heavy atom. The van der Waals surface area contributed by atoms with Crippen LogP contribution in [0, 0.1) is 3.57 Å². The van der Waals surface area contributed by atoms with Gasteiger partial charge >= 0.3 is 0 Å². The highest BCUT2D eigenvalue weighted by molar-refractivity contribution is 14.1. The fourth-order valence-electron chi connectivity index (χ4n) is 3.37. The standard InChI is InChI=1S/C23H26IN3O3S/c1-13(2)30-21-17(24)10-16(11-18(21)29-4)20-19(14(3)26-23(31)27-20)22(28)25-12-15-8-6-5-7-9-15/h5-11,13,20H,12H2,1-4H3,(H,25,28)(H2,26,27,31)/t20-/m1/s1. The van der Waals surface area contributed by atoms with Crippen molar-refractivity contribution in [3.05, 3.63) is 68.4 Å². The minimum absolute atomic E-state index is 0.0133. The molecule has 1 atom stereocenters. The summed E-state index contributed by atoms with van der Waals surface area (Å²) in [4.78, 5) is 13.2. The molecule has 3 rings (SSSR count). The zero-order valence-corrected chi connectivity index (χ0v) is 20.9. The van der Waals surface area contributed by atoms with E-state index < -0.39 is 6.04 Å². The van der Waals surface area contributed by atoms with Crippen LogP contribution in [0.4, 0.5) is 0 Å². The number of benzene rings is 2. The summed E-state index contributed by atoms with van der Waals surface area (Å²) in [7, 11) is 1.61. The maximum atomic E-state index is 13.2. The normalized spacial score (nSPS) is 15.9. The van der Waals surface area contributed by atoms with Gasteiger partial charge in [-0.2, -0.15) is 0 Å². The molecule has 0 saturated carbocycles. The van der Waals surface area contributed by atoms with Gasteiger partial charge < -0.3 is 25.4 Å². The third-order valence-electron chi connectivity index (χ3n) is 4.75. The molecule has 0 aromatic heterocycles. The number of halogens is 1. The number of rotatable bonds is 7. The van der Waals surface area contributed by atoms with E-state index in [9.17, 15) is 4.79 Å². The lowest BCUT2D eigenvalue weighted by molar-refractivity contribution is -0.118. The molecule has 2 aromatic rings. The van der Waals surface area contributed by atoms with Crippen LogP contribution in [0.5, 0.6) is 11.5 Å². The summed E-state index contributed by atoms with van der Waals surface area (Å²) in [6.45, 7) is 6.24. The van der Waals surface area contributed by atoms with Crippen molar-refractivity contribution in [1.82, 2.24) is 16.0 Å². The van der Waals surface area contributed by atoms with Crippen molar-refractivity contribution >= 4 is 45.8 Å². The van der Waals surface area contributed by atoms with Crippen molar-refractivity contribution in [1.29, 1.82) is 0 Å². The second-order valence-corrected chi connectivity index (χ2v) is 9.01. The molecule has 0 aliphatic carbocycles. The molecule has 3 N–H and O–H groups in total. The first-order valence-electron chi connectivity index (χ1n) is 9.94. The molecule has 0 fully saturated rings. The highest BCUT2D eigenvalue weighted by Crippen LogP contribution is 2.38. The largest absolute Gasteiger partial charge is 0.493 e. The lowest BCUT2D eigenvalue weighted by Gasteiger charge is -2.31. The van der Waals surface area contributed by atoms with Crippen molar-refractivity contribution in [2.45, 2.75) is 39.5 Å². The molecule has 164 valence electrons. The average molecular weight is 551 g/mol. The number of amides is 1. The Morgan fingerprint density at radius 1 is 1.26 bits per heavy atom. The number of carbonyl (C=O) groups is 1. The van der Waals surface area contributed by atoms with E-state index in [4.69, 9.17) is 21.7 Å². The van der Waals surface area contributed by atoms with Crippen LogP contribution in [-0.4, -0.2) is 24.2 Å². The number of allylic oxidation sites excluding steroid dienone is 1. The molecule has 0 saturated heterocycles. The quantitative estimate of drug-likeness (QED) is 0.354. The molecule has 1 amide bonds. The fraction of sp³-hybridized carbons (Fsp3) is 0.304. The van der Waals surface area contributed by atoms with E-state index in [-0.39, 0.29) is 12.0 Å². The number of thiocarbonyl (C=S) groups is 1. The molecular formula is C23H26IN3O3S. The van der Waals surface area contributed by atoms with Gasteiger partial charge in [-0.3, -0.25) is 4.79 Å². The van der Waals surface area contributed by atoms with Crippen LogP contribution in [0.1, 0.15) is 37.9 Å². The van der Waals surface area contributed by atoms with E-state index in [0.29, 0.717) is 28.7 Å². The van der Waals surface area contributed by atoms with Gasteiger partial charge in [0.2, 0.25) is 0 Å². The van der Waals surface area contributed by atoms with Gasteiger partial charge in [0, 0.05) is 12.2 Å². The summed E-state index contributed by atoms with van der Waals surface area (Å²) in [6.07, 6.45) is 0.0133. The van der Waals surface area contributed by atoms with Crippen LogP contribution in [0.25, 0.3) is 0 Å². The summed E-state index contributed by atoms with van der Waals surface area (Å²) in [5.41, 5.74) is 3.20. The molecule has 0 radical (unpaired) electrons. The van der Waals surface area contributed by atoms with E-state index in [1.54, 1.807) is 7.11 Å². The van der Waals surface area contributed by atoms with Crippen molar-refractivity contribution in [2.24, 2.45) is 0 Å². The predicted octanol–water partition coefficient (Wildman–Crippen LogP) is 4.20. The first-order valence-corrected chi connectivity index (χ1v) is 11.4. The van der Waals surface area contributed by atoms with Crippen molar-refractivity contribution < 1.29 is 14.3 Å². The molecule has 1 aliphatic heterocycles. The maximum absolute atomic E-state index is 13.2. The number of carbonyl (C=O) groups excluding carboxylic acids is 1. The summed E-state index contributed by atoms with van der Waals surface area (Å²) < 4.78 is 12.4. The lowest BCUT2D eigenvalue weighted by atomic mass is 9.94. The highest BCUT2D eigenvalue weighted by Gasteiger charge is 2.31. The Kier molecular flexibility index (Phi) is 7.77. The SMILES string of the molecule is COc1cc([C@H]2NC(=S)NC(C)=C2C(=O)NCc2ccccc2)cc(I)c1OC(C)C. The Labute approximate surface area is 201 Å². The number of methoxy groups -OCH3 is 1. The Hall–Kier alpha value is -2.33. The number of ether oxygens (including phenoxy) is 2. The van der Waals surface area contributed by atoms with Crippen LogP contribution >= 0.6 is 34.8 Å². The molecule has 1 aliphatic rings. The molecule has 0 spiro atoms. The topological polar surface area (TPSA) is 71.6 Å². The van der Waals surface area contributed by atoms with Gasteiger partial charge in [-0.15, -0.1) is 0 Å². The summed E-state index contributed by atoms with van der Waals surface area (Å²) in [6, 6.07) is 13.3. The molecule has 0 unspecified atom stereocenters. The average Bonchev–Trinajstić information content (AvgIpc) is 2.73. The molecule has 8 heteroatoms. The number of hydrogen-bond acceptors (Lipinski definition) is 4. The van der Waals surface area contributed by atoms with Gasteiger partial charge in [0.1, 0.15) is 0 Å². The van der Waals surface area contributed by atoms with Crippen LogP contribution in [-0.2, 0) is 11.3 Å². The third kappa shape index (κ3) is 5.68. The monoisotopic (exact) mass is 551 g/mol. The van der Waals surface area contributed by atoms with Gasteiger partial charge in [-0.05, 0) is 78.8 Å². The van der Waals surface area contributed by atoms with Crippen LogP contribution in [0.3, 0.4) is 0 Å². The summed E-state index contributed by atoms with van der Waals surface area (Å²) in [5.74, 6) is 1.14. The van der Waals surface area contributed by atoms with E-state index in [2.05, 4.69) is 38.5 Å². The molecule has 31 heavy (non-hydrogen) atoms. The zero-order valence-electron chi connectivity index (χ0n) is 17.9. The van der Waals surface area contributed by atoms with Gasteiger partial charge in [0.25, 0.3) is 5.91 Å². The molecule has 2 aromatic carbocycles. The van der Waals surface area contributed by atoms with Crippen molar-refractivity contribution in [3.8, 4) is 11.5 Å². The van der Waals surface area contributed by atoms with Gasteiger partial charge in [0.05, 0.1) is 28.4 Å². The van der Waals surface area contributed by atoms with Crippen molar-refractivity contribution in [2.75, 3.05) is 7.11 Å². The fourth-order valence-corrected chi connectivity index (χ4v) is 4.40. The molecule has 6 nitrogen and oxygen atoms in total. The highest BCUT2D eigenvalue weighted by atomic mass is 127. The van der Waals surface area contributed by atoms with Gasteiger partial charge in [-0.25, -0.2) is 0 Å². The van der Waals surface area contributed by atoms with E-state index in [1.807, 2.05) is 63.2 Å². The predicted molar refractivity (Wildman–Crippen MR) is 134 cm³/mol. The Morgan fingerprint density at radius 2 is 1.97 bits per heavy atom. The second-order valence-electron chi connectivity index (χ2n) is 7.44. The summed E-state index contributed by atoms with van der Waals surface area (Å²) >= 11 is 7.60. The molecular weight excluding hydrogens is 525 g/mol. The van der Waals surface area contributed by atoms with Crippen LogP contribution in [0.2, 0.25) is 0 Å². The first-order chi connectivity index (χ1) is 14.8. The zero-order chi connectivity index (χ0) is 22.5. The second kappa shape index (κ2) is 10.3. The summed E-state index contributed by atoms with van der Waals surface area (Å²) in [5, 5.41) is 9.79. The van der Waals surface area contributed by atoms with Crippen molar-refractivity contribution in [3.63, 3.8) is 0 Å². The van der Waals surface area contributed by atoms with Crippen LogP contribution in [0.15, 0.2) is 53.7 Å². The third-order valence-corrected chi connectivity index (χ3v) is 5.77. The smallest absolute Gasteiger partial charge is 0.251 e. The van der Waals surface area contributed by atoms with E-state index in [0.717, 1.165) is 20.4 Å². The number of nitrogens with one attached hydrogen (secondary N) is 3. The Bertz CT molecular complexity index is 1010. The maximum Gasteiger partial charge on any atom is 0.251 e. The number of hydrogen-bond donors (Lipinski definition) is 3. The minimum Gasteiger partial charge on any atom is -0.493 e. The van der Waals surface area contributed by atoms with E-state index in [1.165, 1.54) is 0 Å². The first kappa shape index (κ1) is 23.3. The molecule has 0 bridgehead atoms. The lowest BCUT2D eigenvalue weighted by Crippen LogP contribution is -2.46. The molecule has 1 heterocycles. The van der Waals surface area contributed by atoms with Gasteiger partial charge in [0.15, 0.2) is 16.6 Å². The minimum atomic E-state index is -0.417.